The lowest BCUT2D eigenvalue weighted by Crippen LogP contribution is -2.49. The average molecular weight is 901 g/mol. The zero-order valence-corrected chi connectivity index (χ0v) is 37.4. The molecule has 1 fully saturated rings. The smallest absolute Gasteiger partial charge is 0.319 e. The van der Waals surface area contributed by atoms with Gasteiger partial charge in [-0.2, -0.15) is 4.98 Å². The number of benzene rings is 4. The molecule has 6 N–H and O–H groups in total. The molecule has 0 atom stereocenters. The molecule has 0 saturated carbocycles. The number of nitrogens with one attached hydrogen (secondary N) is 2. The number of hydrogen-bond acceptors (Lipinski definition) is 15. The number of phenols is 3. The number of carbonyl (C=O) groups is 2. The fourth-order valence-electron chi connectivity index (χ4n) is 8.46. The Morgan fingerprint density at radius 3 is 2.38 bits per heavy atom. The molecule has 2 aliphatic rings. The lowest BCUT2D eigenvalue weighted by atomic mass is 9.98. The lowest BCUT2D eigenvalue weighted by molar-refractivity contribution is -0.131. The lowest BCUT2D eigenvalue weighted by Gasteiger charge is -2.38. The number of hydrogen-bond donors (Lipinski definition) is 6. The van der Waals surface area contributed by atoms with Crippen LogP contribution < -0.4 is 25.2 Å². The summed E-state index contributed by atoms with van der Waals surface area (Å²) in [6, 6.07) is 21.0. The van der Waals surface area contributed by atoms with Gasteiger partial charge in [-0.25, -0.2) is 9.55 Å². The molecule has 0 unspecified atom stereocenters. The minimum atomic E-state index is -0.367. The summed E-state index contributed by atoms with van der Waals surface area (Å²) >= 11 is 0. The Bertz CT molecular complexity index is 2680. The molecule has 346 valence electrons. The van der Waals surface area contributed by atoms with Crippen LogP contribution in [0.4, 0.5) is 17.5 Å². The zero-order chi connectivity index (χ0) is 46.3. The maximum absolute atomic E-state index is 12.8. The van der Waals surface area contributed by atoms with E-state index in [9.17, 15) is 30.0 Å². The van der Waals surface area contributed by atoms with E-state index in [1.807, 2.05) is 43.9 Å². The predicted octanol–water partition coefficient (Wildman–Crippen LogP) is 5.46. The number of fused-ring (bicyclic) bond motifs is 2. The van der Waals surface area contributed by atoms with Crippen molar-refractivity contribution < 1.29 is 39.5 Å². The molecule has 18 nitrogen and oxygen atoms in total. The molecule has 4 aromatic carbocycles. The summed E-state index contributed by atoms with van der Waals surface area (Å²) in [6.45, 7) is 11.0. The van der Waals surface area contributed by atoms with Gasteiger partial charge in [0.25, 0.3) is 0 Å². The van der Waals surface area contributed by atoms with Gasteiger partial charge in [0.15, 0.2) is 5.82 Å². The Morgan fingerprint density at radius 1 is 0.818 bits per heavy atom. The van der Waals surface area contributed by atoms with E-state index in [4.69, 9.17) is 19.4 Å². The second kappa shape index (κ2) is 20.2. The second-order valence-corrected chi connectivity index (χ2v) is 16.6. The molecule has 1 saturated heterocycles. The number of aromatic nitrogens is 5. The molecular formula is C48H56N10O8. The van der Waals surface area contributed by atoms with Crippen molar-refractivity contribution in [3.8, 4) is 46.1 Å². The number of amides is 2. The van der Waals surface area contributed by atoms with Gasteiger partial charge in [0.1, 0.15) is 35.4 Å². The van der Waals surface area contributed by atoms with Crippen LogP contribution >= 0.6 is 0 Å². The first-order valence-corrected chi connectivity index (χ1v) is 22.4. The minimum absolute atomic E-state index is 0.0199. The van der Waals surface area contributed by atoms with Gasteiger partial charge in [-0.1, -0.05) is 50.1 Å². The number of ether oxygens (including phenoxy) is 2. The van der Waals surface area contributed by atoms with Crippen LogP contribution in [0.25, 0.3) is 27.8 Å². The summed E-state index contributed by atoms with van der Waals surface area (Å²) in [6.07, 6.45) is 1.38. The van der Waals surface area contributed by atoms with Gasteiger partial charge in [0.05, 0.1) is 36.7 Å². The molecule has 0 bridgehead atoms. The SMILES string of the molecule is CCC(=O)N1CCN(c2nc(NCCC(=O)NCCOCCOc3ccc(-n4c(O)nnc4-c4cc(C(C)C)c(O)cc4O)cc3)nc3c2CCN(c2cc(O)cc4ccccc24)C3)CC1. The average Bonchev–Trinajstić information content (AvgIpc) is 3.70. The van der Waals surface area contributed by atoms with E-state index < -0.39 is 0 Å². The van der Waals surface area contributed by atoms with E-state index in [0.29, 0.717) is 93.8 Å². The van der Waals surface area contributed by atoms with Crippen molar-refractivity contribution in [2.24, 2.45) is 0 Å². The summed E-state index contributed by atoms with van der Waals surface area (Å²) in [5.74, 6) is 2.01. The Hall–Kier alpha value is -7.34. The maximum atomic E-state index is 12.8. The van der Waals surface area contributed by atoms with Gasteiger partial charge in [-0.3, -0.25) is 9.59 Å². The van der Waals surface area contributed by atoms with Crippen LogP contribution in [0.1, 0.15) is 56.4 Å². The van der Waals surface area contributed by atoms with Crippen molar-refractivity contribution >= 4 is 40.0 Å². The van der Waals surface area contributed by atoms with Crippen molar-refractivity contribution in [2.45, 2.75) is 52.5 Å². The van der Waals surface area contributed by atoms with E-state index in [1.165, 1.54) is 10.6 Å². The molecule has 18 heteroatoms. The van der Waals surface area contributed by atoms with Crippen molar-refractivity contribution in [2.75, 3.05) is 80.8 Å². The zero-order valence-electron chi connectivity index (χ0n) is 37.4. The molecule has 0 aliphatic carbocycles. The van der Waals surface area contributed by atoms with Crippen LogP contribution in [0.15, 0.2) is 72.8 Å². The van der Waals surface area contributed by atoms with E-state index in [-0.39, 0.29) is 66.5 Å². The van der Waals surface area contributed by atoms with E-state index in [1.54, 1.807) is 42.5 Å². The van der Waals surface area contributed by atoms with Gasteiger partial charge >= 0.3 is 6.01 Å². The van der Waals surface area contributed by atoms with Gasteiger partial charge in [-0.05, 0) is 59.7 Å². The van der Waals surface area contributed by atoms with Crippen LogP contribution in [0, 0.1) is 0 Å². The maximum Gasteiger partial charge on any atom is 0.319 e. The first kappa shape index (κ1) is 45.2. The highest BCUT2D eigenvalue weighted by Gasteiger charge is 2.29. The number of piperazine rings is 1. The third-order valence-corrected chi connectivity index (χ3v) is 11.9. The van der Waals surface area contributed by atoms with E-state index >= 15 is 0 Å². The van der Waals surface area contributed by atoms with Crippen molar-refractivity contribution in [1.29, 1.82) is 0 Å². The fourth-order valence-corrected chi connectivity index (χ4v) is 8.46. The predicted molar refractivity (Wildman–Crippen MR) is 250 cm³/mol. The molecule has 2 amide bonds. The van der Waals surface area contributed by atoms with Crippen molar-refractivity contribution in [3.63, 3.8) is 0 Å². The molecule has 8 rings (SSSR count). The number of rotatable bonds is 17. The number of anilines is 3. The summed E-state index contributed by atoms with van der Waals surface area (Å²) < 4.78 is 12.9. The number of carbonyl (C=O) groups excluding carboxylic acids is 2. The monoisotopic (exact) mass is 900 g/mol. The van der Waals surface area contributed by atoms with Gasteiger partial charge in [-0.15, -0.1) is 5.10 Å². The third-order valence-electron chi connectivity index (χ3n) is 11.9. The van der Waals surface area contributed by atoms with E-state index in [0.717, 1.165) is 40.1 Å². The summed E-state index contributed by atoms with van der Waals surface area (Å²) in [4.78, 5) is 41.6. The highest BCUT2D eigenvalue weighted by Crippen LogP contribution is 2.40. The van der Waals surface area contributed by atoms with Crippen LogP contribution in [-0.2, 0) is 27.3 Å². The Kier molecular flexibility index (Phi) is 13.9. The number of nitrogens with zero attached hydrogens (tertiary/aromatic N) is 8. The Morgan fingerprint density at radius 2 is 1.61 bits per heavy atom. The molecular weight excluding hydrogens is 845 g/mol. The molecule has 2 aliphatic heterocycles. The largest absolute Gasteiger partial charge is 0.508 e. The Balaban J connectivity index is 0.810. The van der Waals surface area contributed by atoms with E-state index in [2.05, 4.69) is 36.7 Å². The van der Waals surface area contributed by atoms with Gasteiger partial charge in [0.2, 0.25) is 17.8 Å². The minimum Gasteiger partial charge on any atom is -0.508 e. The van der Waals surface area contributed by atoms with Gasteiger partial charge in [0, 0.05) is 87.4 Å². The first-order valence-electron chi connectivity index (χ1n) is 22.4. The summed E-state index contributed by atoms with van der Waals surface area (Å²) in [5, 5.41) is 58.1. The molecule has 0 spiro atoms. The van der Waals surface area contributed by atoms with Crippen LogP contribution in [-0.4, -0.2) is 128 Å². The quantitative estimate of drug-likeness (QED) is 0.0626. The third kappa shape index (κ3) is 10.1. The number of phenolic OH excluding ortho intramolecular Hbond substituents is 3. The number of aromatic hydroxyl groups is 4. The molecule has 4 heterocycles. The standard InChI is InChI=1S/C48H56N10O8/c1-4-44(63)55-18-20-56(21-19-55)45-36-14-17-57(40-26-33(59)25-31-7-5-6-8-35(31)40)29-39(36)51-47(52-45)50-15-13-43(62)49-16-22-65-23-24-66-34-11-9-32(10-12-34)58-46(53-54-48(58)64)38-27-37(30(2)3)41(60)28-42(38)61/h5-12,25-28,30,59-61H,4,13-24,29H2,1-3H3,(H,49,62)(H,54,64)(H,50,51,52). The van der Waals surface area contributed by atoms with Crippen molar-refractivity contribution in [1.82, 2.24) is 34.9 Å². The van der Waals surface area contributed by atoms with Crippen LogP contribution in [0.3, 0.4) is 0 Å². The highest BCUT2D eigenvalue weighted by molar-refractivity contribution is 5.95. The summed E-state index contributed by atoms with van der Waals surface area (Å²) in [7, 11) is 0. The molecule has 0 radical (unpaired) electrons. The molecule has 2 aromatic heterocycles. The normalized spacial score (nSPS) is 13.8. The molecule has 66 heavy (non-hydrogen) atoms. The topological polar surface area (TPSA) is 224 Å². The van der Waals surface area contributed by atoms with Crippen molar-refractivity contribution in [3.05, 3.63) is 89.6 Å². The van der Waals surface area contributed by atoms with Gasteiger partial charge < -0.3 is 55.2 Å². The Labute approximate surface area is 382 Å². The van der Waals surface area contributed by atoms with Crippen LogP contribution in [0.2, 0.25) is 0 Å². The fraction of sp³-hybridized carbons (Fsp3) is 0.375. The van der Waals surface area contributed by atoms with Crippen LogP contribution in [0.5, 0.6) is 29.0 Å². The second-order valence-electron chi connectivity index (χ2n) is 16.6. The first-order chi connectivity index (χ1) is 32.0. The molecule has 6 aromatic rings. The summed E-state index contributed by atoms with van der Waals surface area (Å²) in [5.41, 5.74) is 4.36. The highest BCUT2D eigenvalue weighted by atomic mass is 16.5.